The van der Waals surface area contributed by atoms with Crippen LogP contribution in [0.15, 0.2) is 18.6 Å². The molecule has 1 unspecified atom stereocenters. The Labute approximate surface area is 112 Å². The number of nitrogens with one attached hydrogen (secondary N) is 1. The second-order valence-electron chi connectivity index (χ2n) is 5.14. The van der Waals surface area contributed by atoms with Crippen LogP contribution in [0.25, 0.3) is 5.65 Å². The number of aromatic nitrogens is 3. The molecule has 1 aliphatic heterocycles. The zero-order valence-electron chi connectivity index (χ0n) is 11.2. The lowest BCUT2D eigenvalue weighted by Crippen LogP contribution is -2.23. The van der Waals surface area contributed by atoms with Gasteiger partial charge in [-0.3, -0.25) is 0 Å². The lowest BCUT2D eigenvalue weighted by atomic mass is 10.0. The first-order chi connectivity index (χ1) is 9.31. The molecule has 3 heterocycles. The highest BCUT2D eigenvalue weighted by Gasteiger charge is 2.25. The summed E-state index contributed by atoms with van der Waals surface area (Å²) in [6.45, 7) is 4.36. The molecule has 0 bridgehead atoms. The number of hydrogen-bond donors (Lipinski definition) is 2. The Balaban J connectivity index is 1.93. The number of nitrogens with zero attached hydrogens (tertiary/aromatic N) is 4. The summed E-state index contributed by atoms with van der Waals surface area (Å²) in [4.78, 5) is 11.3. The van der Waals surface area contributed by atoms with E-state index in [9.17, 15) is 0 Å². The van der Waals surface area contributed by atoms with Crippen LogP contribution in [0.3, 0.4) is 0 Å². The molecule has 0 saturated carbocycles. The van der Waals surface area contributed by atoms with Gasteiger partial charge in [-0.15, -0.1) is 0 Å². The van der Waals surface area contributed by atoms with E-state index in [-0.39, 0.29) is 0 Å². The molecular formula is C13H20N6. The number of imidazole rings is 1. The highest BCUT2D eigenvalue weighted by molar-refractivity contribution is 5.67. The second-order valence-corrected chi connectivity index (χ2v) is 5.14. The molecule has 0 radical (unpaired) electrons. The van der Waals surface area contributed by atoms with Crippen molar-refractivity contribution in [1.82, 2.24) is 14.4 Å². The highest BCUT2D eigenvalue weighted by Crippen LogP contribution is 2.28. The average Bonchev–Trinajstić information content (AvgIpc) is 3.06. The molecule has 1 aliphatic rings. The summed E-state index contributed by atoms with van der Waals surface area (Å²) in [7, 11) is 0. The normalized spacial score (nSPS) is 19.3. The van der Waals surface area contributed by atoms with Crippen LogP contribution in [0, 0.1) is 5.92 Å². The monoisotopic (exact) mass is 260 g/mol. The Morgan fingerprint density at radius 3 is 3.21 bits per heavy atom. The topological polar surface area (TPSA) is 71.5 Å². The molecule has 3 rings (SSSR count). The Hall–Kier alpha value is -1.82. The number of rotatable bonds is 4. The standard InChI is InChI=1S/C13H20N6/c1-2-3-10-4-6-18(8-10)13-12-15-5-7-19(12)9-11(16-13)17-14/h5,7,9-10,17H,2-4,6,8,14H2,1H3. The molecule has 102 valence electrons. The molecule has 19 heavy (non-hydrogen) atoms. The summed E-state index contributed by atoms with van der Waals surface area (Å²) in [6.07, 6.45) is 9.33. The molecule has 6 nitrogen and oxygen atoms in total. The maximum atomic E-state index is 5.49. The maximum Gasteiger partial charge on any atom is 0.180 e. The van der Waals surface area contributed by atoms with E-state index in [1.807, 2.05) is 16.8 Å². The average molecular weight is 260 g/mol. The van der Waals surface area contributed by atoms with Gasteiger partial charge in [-0.05, 0) is 18.8 Å². The number of hydrogen-bond acceptors (Lipinski definition) is 5. The van der Waals surface area contributed by atoms with Crippen molar-refractivity contribution in [2.24, 2.45) is 11.8 Å². The van der Waals surface area contributed by atoms with Gasteiger partial charge in [0, 0.05) is 25.5 Å². The van der Waals surface area contributed by atoms with Gasteiger partial charge in [-0.25, -0.2) is 15.8 Å². The first kappa shape index (κ1) is 12.2. The lowest BCUT2D eigenvalue weighted by Gasteiger charge is -2.19. The molecule has 0 spiro atoms. The van der Waals surface area contributed by atoms with Gasteiger partial charge in [0.2, 0.25) is 0 Å². The minimum atomic E-state index is 0.666. The summed E-state index contributed by atoms with van der Waals surface area (Å²) in [5.41, 5.74) is 3.52. The minimum Gasteiger partial charge on any atom is -0.353 e. The third kappa shape index (κ3) is 2.23. The van der Waals surface area contributed by atoms with Gasteiger partial charge in [-0.1, -0.05) is 13.3 Å². The van der Waals surface area contributed by atoms with E-state index < -0.39 is 0 Å². The molecule has 2 aromatic heterocycles. The maximum absolute atomic E-state index is 5.49. The largest absolute Gasteiger partial charge is 0.353 e. The van der Waals surface area contributed by atoms with Gasteiger partial charge < -0.3 is 14.7 Å². The van der Waals surface area contributed by atoms with Crippen LogP contribution in [-0.4, -0.2) is 27.5 Å². The van der Waals surface area contributed by atoms with E-state index in [4.69, 9.17) is 5.84 Å². The van der Waals surface area contributed by atoms with Crippen LogP contribution in [0.4, 0.5) is 11.6 Å². The van der Waals surface area contributed by atoms with Crippen molar-refractivity contribution in [3.8, 4) is 0 Å². The number of fused-ring (bicyclic) bond motifs is 1. The summed E-state index contributed by atoms with van der Waals surface area (Å²) >= 11 is 0. The fourth-order valence-corrected chi connectivity index (χ4v) is 2.87. The van der Waals surface area contributed by atoms with Gasteiger partial charge >= 0.3 is 0 Å². The number of nitrogen functional groups attached to an aromatic ring is 1. The smallest absolute Gasteiger partial charge is 0.180 e. The third-order valence-corrected chi connectivity index (χ3v) is 3.79. The number of anilines is 2. The first-order valence-corrected chi connectivity index (χ1v) is 6.87. The van der Waals surface area contributed by atoms with Crippen molar-refractivity contribution in [3.05, 3.63) is 18.6 Å². The first-order valence-electron chi connectivity index (χ1n) is 6.87. The van der Waals surface area contributed by atoms with E-state index in [1.165, 1.54) is 19.3 Å². The zero-order valence-corrected chi connectivity index (χ0v) is 11.2. The molecule has 1 saturated heterocycles. The van der Waals surface area contributed by atoms with Crippen molar-refractivity contribution in [3.63, 3.8) is 0 Å². The van der Waals surface area contributed by atoms with E-state index in [1.54, 1.807) is 6.20 Å². The van der Waals surface area contributed by atoms with Crippen molar-refractivity contribution in [1.29, 1.82) is 0 Å². The molecular weight excluding hydrogens is 240 g/mol. The van der Waals surface area contributed by atoms with Crippen molar-refractivity contribution >= 4 is 17.3 Å². The summed E-state index contributed by atoms with van der Waals surface area (Å²) in [6, 6.07) is 0. The van der Waals surface area contributed by atoms with Gasteiger partial charge in [0.05, 0.1) is 6.20 Å². The van der Waals surface area contributed by atoms with Crippen molar-refractivity contribution < 1.29 is 0 Å². The predicted octanol–water partition coefficient (Wildman–Crippen LogP) is 1.64. The van der Waals surface area contributed by atoms with Gasteiger partial charge in [-0.2, -0.15) is 0 Å². The fourth-order valence-electron chi connectivity index (χ4n) is 2.87. The molecule has 0 aliphatic carbocycles. The van der Waals surface area contributed by atoms with Crippen LogP contribution >= 0.6 is 0 Å². The fraction of sp³-hybridized carbons (Fsp3) is 0.538. The van der Waals surface area contributed by atoms with E-state index in [0.717, 1.165) is 30.5 Å². The second kappa shape index (κ2) is 5.05. The quantitative estimate of drug-likeness (QED) is 0.646. The van der Waals surface area contributed by atoms with Gasteiger partial charge in [0.1, 0.15) is 0 Å². The van der Waals surface area contributed by atoms with Gasteiger partial charge in [0.15, 0.2) is 17.3 Å². The number of nitrogens with two attached hydrogens (primary N) is 1. The van der Waals surface area contributed by atoms with Crippen LogP contribution < -0.4 is 16.2 Å². The van der Waals surface area contributed by atoms with Crippen LogP contribution in [0.1, 0.15) is 26.2 Å². The molecule has 3 N–H and O–H groups in total. The zero-order chi connectivity index (χ0) is 13.2. The number of hydrazine groups is 1. The SMILES string of the molecule is CCCC1CCN(c2nc(NN)cn3ccnc23)C1. The van der Waals surface area contributed by atoms with E-state index >= 15 is 0 Å². The van der Waals surface area contributed by atoms with Crippen LogP contribution in [0.5, 0.6) is 0 Å². The molecule has 1 atom stereocenters. The third-order valence-electron chi connectivity index (χ3n) is 3.79. The van der Waals surface area contributed by atoms with Crippen molar-refractivity contribution in [2.45, 2.75) is 26.2 Å². The van der Waals surface area contributed by atoms with E-state index in [2.05, 4.69) is 27.2 Å². The predicted molar refractivity (Wildman–Crippen MR) is 76.0 cm³/mol. The Kier molecular flexibility index (Phi) is 3.25. The molecule has 2 aromatic rings. The molecule has 6 heteroatoms. The Morgan fingerprint density at radius 2 is 2.42 bits per heavy atom. The highest BCUT2D eigenvalue weighted by atomic mass is 15.3. The summed E-state index contributed by atoms with van der Waals surface area (Å²) in [5.74, 6) is 7.86. The van der Waals surface area contributed by atoms with Gasteiger partial charge in [0.25, 0.3) is 0 Å². The Morgan fingerprint density at radius 1 is 1.53 bits per heavy atom. The molecule has 1 fully saturated rings. The van der Waals surface area contributed by atoms with Crippen LogP contribution in [0.2, 0.25) is 0 Å². The van der Waals surface area contributed by atoms with E-state index in [0.29, 0.717) is 5.82 Å². The Bertz CT molecular complexity index is 563. The lowest BCUT2D eigenvalue weighted by molar-refractivity contribution is 0.529. The summed E-state index contributed by atoms with van der Waals surface area (Å²) in [5, 5.41) is 0. The molecule has 0 aromatic carbocycles. The van der Waals surface area contributed by atoms with Crippen LogP contribution in [-0.2, 0) is 0 Å². The minimum absolute atomic E-state index is 0.666. The van der Waals surface area contributed by atoms with Crippen molar-refractivity contribution in [2.75, 3.05) is 23.4 Å². The molecule has 0 amide bonds. The summed E-state index contributed by atoms with van der Waals surface area (Å²) < 4.78 is 1.96.